The van der Waals surface area contributed by atoms with Gasteiger partial charge in [0.25, 0.3) is 0 Å². The lowest BCUT2D eigenvalue weighted by Crippen LogP contribution is -2.15. The fourth-order valence-corrected chi connectivity index (χ4v) is 10.6. The Bertz CT molecular complexity index is 2980. The zero-order valence-corrected chi connectivity index (χ0v) is 33.5. The van der Waals surface area contributed by atoms with E-state index in [0.29, 0.717) is 0 Å². The van der Waals surface area contributed by atoms with Gasteiger partial charge < -0.3 is 0 Å². The zero-order valence-electron chi connectivity index (χ0n) is 33.5. The Morgan fingerprint density at radius 1 is 0.351 bits per heavy atom. The first-order valence-electron chi connectivity index (χ1n) is 20.6. The lowest BCUT2D eigenvalue weighted by atomic mass is 9.80. The van der Waals surface area contributed by atoms with E-state index >= 15 is 0 Å². The third-order valence-electron chi connectivity index (χ3n) is 13.8. The second-order valence-electron chi connectivity index (χ2n) is 17.6. The quantitative estimate of drug-likeness (QED) is 0.158. The predicted molar refractivity (Wildman–Crippen MR) is 242 cm³/mol. The Morgan fingerprint density at radius 3 is 1.30 bits per heavy atom. The number of allylic oxidation sites excluding steroid dienone is 2. The molecule has 8 aromatic rings. The molecule has 0 atom stereocenters. The molecule has 0 saturated heterocycles. The third kappa shape index (κ3) is 5.06. The van der Waals surface area contributed by atoms with Crippen molar-refractivity contribution in [1.82, 2.24) is 0 Å². The van der Waals surface area contributed by atoms with Crippen LogP contribution < -0.4 is 0 Å². The maximum atomic E-state index is 2.46. The molecular formula is C57H46. The fraction of sp³-hybridized carbons (Fsp3) is 0.158. The van der Waals surface area contributed by atoms with Crippen LogP contribution in [-0.4, -0.2) is 0 Å². The van der Waals surface area contributed by atoms with Gasteiger partial charge in [-0.3, -0.25) is 0 Å². The summed E-state index contributed by atoms with van der Waals surface area (Å²) in [5.74, 6) is 0. The molecule has 0 heterocycles. The van der Waals surface area contributed by atoms with E-state index in [4.69, 9.17) is 0 Å². The molecule has 0 spiro atoms. The van der Waals surface area contributed by atoms with Gasteiger partial charge in [-0.05, 0) is 154 Å². The van der Waals surface area contributed by atoms with Gasteiger partial charge in [0.15, 0.2) is 0 Å². The molecule has 0 fully saturated rings. The second kappa shape index (κ2) is 12.4. The van der Waals surface area contributed by atoms with Crippen molar-refractivity contribution in [3.05, 3.63) is 203 Å². The van der Waals surface area contributed by atoms with Crippen LogP contribution in [0.25, 0.3) is 77.5 Å². The molecule has 3 aliphatic carbocycles. The summed E-state index contributed by atoms with van der Waals surface area (Å²) in [5.41, 5.74) is 25.7. The summed E-state index contributed by atoms with van der Waals surface area (Å²) in [6.07, 6.45) is 6.68. The largest absolute Gasteiger partial charge is 0.0838 e. The van der Waals surface area contributed by atoms with Crippen molar-refractivity contribution >= 4 is 10.8 Å². The van der Waals surface area contributed by atoms with Crippen LogP contribution in [0.4, 0.5) is 0 Å². The molecule has 0 unspecified atom stereocenters. The lowest BCUT2D eigenvalue weighted by Gasteiger charge is -2.23. The van der Waals surface area contributed by atoms with E-state index in [1.54, 1.807) is 0 Å². The first-order valence-corrected chi connectivity index (χ1v) is 20.6. The number of hydrogen-bond donors (Lipinski definition) is 0. The normalized spacial score (nSPS) is 15.2. The van der Waals surface area contributed by atoms with Crippen molar-refractivity contribution in [3.8, 4) is 66.8 Å². The van der Waals surface area contributed by atoms with Crippen LogP contribution in [0, 0.1) is 6.92 Å². The van der Waals surface area contributed by atoms with Crippen LogP contribution in [0.2, 0.25) is 0 Å². The molecule has 0 heteroatoms. The van der Waals surface area contributed by atoms with Crippen molar-refractivity contribution in [2.45, 2.75) is 58.3 Å². The summed E-state index contributed by atoms with van der Waals surface area (Å²) in [5, 5.41) is 2.73. The topological polar surface area (TPSA) is 0 Å². The maximum absolute atomic E-state index is 2.46. The highest BCUT2D eigenvalue weighted by Crippen LogP contribution is 2.53. The van der Waals surface area contributed by atoms with Crippen LogP contribution in [0.3, 0.4) is 0 Å². The van der Waals surface area contributed by atoms with E-state index in [1.807, 2.05) is 0 Å². The average molecular weight is 731 g/mol. The molecule has 57 heavy (non-hydrogen) atoms. The van der Waals surface area contributed by atoms with Crippen LogP contribution in [0.1, 0.15) is 66.6 Å². The van der Waals surface area contributed by atoms with E-state index in [2.05, 4.69) is 198 Å². The number of fused-ring (bicyclic) bond motifs is 8. The standard InChI is InChI=1S/C57H46/c1-35-43-12-6-8-15-49(43)55(50-16-9-7-13-44(35)50)39-24-22-37(23-25-39)36-18-20-38(21-19-36)40-26-29-47-48-31-28-42(34-54(48)57(4,5)53(47)32-40)41-27-30-46-45-14-10-11-17-51(45)56(2,3)52(46)33-41/h6-12,14-15,17-34H,13,16H2,1-5H3. The van der Waals surface area contributed by atoms with Crippen molar-refractivity contribution in [2.75, 3.05) is 0 Å². The van der Waals surface area contributed by atoms with E-state index in [-0.39, 0.29) is 10.8 Å². The van der Waals surface area contributed by atoms with E-state index < -0.39 is 0 Å². The molecule has 0 aliphatic heterocycles. The molecule has 11 rings (SSSR count). The molecule has 8 aromatic carbocycles. The highest BCUT2D eigenvalue weighted by molar-refractivity contribution is 6.02. The first kappa shape index (κ1) is 34.0. The molecule has 0 bridgehead atoms. The molecule has 3 aliphatic rings. The van der Waals surface area contributed by atoms with Gasteiger partial charge in [0, 0.05) is 10.8 Å². The summed E-state index contributed by atoms with van der Waals surface area (Å²) in [7, 11) is 0. The van der Waals surface area contributed by atoms with Gasteiger partial charge in [0.1, 0.15) is 0 Å². The third-order valence-corrected chi connectivity index (χ3v) is 13.8. The highest BCUT2D eigenvalue weighted by atomic mass is 14.4. The number of benzene rings is 8. The zero-order chi connectivity index (χ0) is 38.6. The summed E-state index contributed by atoms with van der Waals surface area (Å²) >= 11 is 0. The summed E-state index contributed by atoms with van der Waals surface area (Å²) < 4.78 is 0. The van der Waals surface area contributed by atoms with Crippen LogP contribution >= 0.6 is 0 Å². The van der Waals surface area contributed by atoms with Gasteiger partial charge >= 0.3 is 0 Å². The second-order valence-corrected chi connectivity index (χ2v) is 17.6. The van der Waals surface area contributed by atoms with Crippen molar-refractivity contribution in [2.24, 2.45) is 0 Å². The van der Waals surface area contributed by atoms with Gasteiger partial charge in [-0.2, -0.15) is 0 Å². The Morgan fingerprint density at radius 2 is 0.737 bits per heavy atom. The molecule has 0 nitrogen and oxygen atoms in total. The summed E-state index contributed by atoms with van der Waals surface area (Å²) in [6, 6.07) is 57.6. The molecule has 0 amide bonds. The van der Waals surface area contributed by atoms with E-state index in [9.17, 15) is 0 Å². The van der Waals surface area contributed by atoms with Crippen molar-refractivity contribution < 1.29 is 0 Å². The minimum Gasteiger partial charge on any atom is -0.0838 e. The maximum Gasteiger partial charge on any atom is 0.0159 e. The minimum atomic E-state index is -0.108. The van der Waals surface area contributed by atoms with Crippen LogP contribution in [0.15, 0.2) is 164 Å². The van der Waals surface area contributed by atoms with Gasteiger partial charge in [-0.1, -0.05) is 173 Å². The van der Waals surface area contributed by atoms with Gasteiger partial charge in [-0.25, -0.2) is 0 Å². The monoisotopic (exact) mass is 730 g/mol. The Hall–Kier alpha value is -6.24. The molecular weight excluding hydrogens is 685 g/mol. The first-order chi connectivity index (χ1) is 27.7. The molecule has 0 saturated carbocycles. The Labute approximate surface area is 337 Å². The summed E-state index contributed by atoms with van der Waals surface area (Å²) in [4.78, 5) is 0. The average Bonchev–Trinajstić information content (AvgIpc) is 3.62. The van der Waals surface area contributed by atoms with Gasteiger partial charge in [-0.15, -0.1) is 0 Å². The fourth-order valence-electron chi connectivity index (χ4n) is 10.6. The molecule has 0 N–H and O–H groups in total. The number of aryl methyl sites for hydroxylation is 1. The van der Waals surface area contributed by atoms with Gasteiger partial charge in [0.05, 0.1) is 0 Å². The smallest absolute Gasteiger partial charge is 0.0159 e. The Kier molecular flexibility index (Phi) is 7.39. The molecule has 274 valence electrons. The van der Waals surface area contributed by atoms with E-state index in [1.165, 1.54) is 116 Å². The highest BCUT2D eigenvalue weighted by Gasteiger charge is 2.37. The summed E-state index contributed by atoms with van der Waals surface area (Å²) in [6.45, 7) is 11.8. The SMILES string of the molecule is Cc1c2c(c(-c3ccc(-c4ccc(-c5ccc6c(c5)C(C)(C)c5cc(-c7ccc8c(c7)C(C)(C)c7ccccc7-8)ccc5-6)cc4)cc3)c3ccccc13)CC=CC2. The van der Waals surface area contributed by atoms with Crippen LogP contribution in [-0.2, 0) is 23.7 Å². The number of rotatable bonds is 4. The molecule has 0 radical (unpaired) electrons. The predicted octanol–water partition coefficient (Wildman–Crippen LogP) is 15.1. The number of hydrogen-bond acceptors (Lipinski definition) is 0. The molecule has 0 aromatic heterocycles. The minimum absolute atomic E-state index is 0.0114. The van der Waals surface area contributed by atoms with E-state index in [0.717, 1.165) is 12.8 Å². The van der Waals surface area contributed by atoms with Crippen molar-refractivity contribution in [1.29, 1.82) is 0 Å². The lowest BCUT2D eigenvalue weighted by molar-refractivity contribution is 0.659. The van der Waals surface area contributed by atoms with Crippen LogP contribution in [0.5, 0.6) is 0 Å². The van der Waals surface area contributed by atoms with Gasteiger partial charge in [0.2, 0.25) is 0 Å². The van der Waals surface area contributed by atoms with Crippen molar-refractivity contribution in [3.63, 3.8) is 0 Å². The Balaban J connectivity index is 0.877.